The van der Waals surface area contributed by atoms with Gasteiger partial charge < -0.3 is 5.11 Å². The lowest BCUT2D eigenvalue weighted by molar-refractivity contribution is 0.249. The molecule has 0 aliphatic carbocycles. The Morgan fingerprint density at radius 2 is 2.33 bits per heavy atom. The second kappa shape index (κ2) is 5.29. The molecular weight excluding hydrogens is 332 g/mol. The number of halogens is 2. The molecule has 5 nitrogen and oxygen atoms in total. The molecule has 2 amide bonds. The van der Waals surface area contributed by atoms with Crippen LogP contribution in [0.5, 0.6) is 5.75 Å². The van der Waals surface area contributed by atoms with Gasteiger partial charge in [0, 0.05) is 16.8 Å². The van der Waals surface area contributed by atoms with E-state index in [4.69, 9.17) is 17.4 Å². The van der Waals surface area contributed by atoms with Gasteiger partial charge in [0.25, 0.3) is 0 Å². The van der Waals surface area contributed by atoms with Crippen LogP contribution >= 0.6 is 34.2 Å². The molecule has 0 saturated carbocycles. The van der Waals surface area contributed by atoms with Gasteiger partial charge in [-0.15, -0.1) is 0 Å². The van der Waals surface area contributed by atoms with E-state index in [-0.39, 0.29) is 5.75 Å². The van der Waals surface area contributed by atoms with Gasteiger partial charge in [0.05, 0.1) is 3.57 Å². The van der Waals surface area contributed by atoms with Gasteiger partial charge in [0.2, 0.25) is 0 Å². The molecule has 0 aromatic heterocycles. The summed E-state index contributed by atoms with van der Waals surface area (Å²) in [5.41, 5.74) is 2.19. The first-order valence-corrected chi connectivity index (χ1v) is 5.23. The molecule has 0 heterocycles. The number of phenols is 1. The van der Waals surface area contributed by atoms with E-state index in [1.54, 1.807) is 6.07 Å². The predicted molar refractivity (Wildman–Crippen MR) is 66.1 cm³/mol. The topological polar surface area (TPSA) is 87.7 Å². The van der Waals surface area contributed by atoms with E-state index in [0.717, 1.165) is 0 Å². The molecule has 1 aromatic carbocycles. The number of nitrogens with one attached hydrogen (secondary N) is 1. The average Bonchev–Trinajstić information content (AvgIpc) is 2.20. The minimum atomic E-state index is -0.704. The van der Waals surface area contributed by atoms with Gasteiger partial charge in [-0.1, -0.05) is 11.6 Å². The Balaban J connectivity index is 3.04. The summed E-state index contributed by atoms with van der Waals surface area (Å²) in [6.07, 6.45) is 1.19. The first-order chi connectivity index (χ1) is 7.04. The molecule has 4 N–H and O–H groups in total. The first kappa shape index (κ1) is 12.2. The Morgan fingerprint density at radius 1 is 1.67 bits per heavy atom. The summed E-state index contributed by atoms with van der Waals surface area (Å²) in [6, 6.07) is 2.38. The number of carbonyl (C=O) groups is 1. The lowest BCUT2D eigenvalue weighted by atomic mass is 10.2. The third kappa shape index (κ3) is 3.33. The fourth-order valence-corrected chi connectivity index (χ4v) is 1.91. The van der Waals surface area contributed by atoms with Crippen molar-refractivity contribution < 1.29 is 9.90 Å². The molecule has 0 unspecified atom stereocenters. The number of aromatic hydroxyl groups is 1. The third-order valence-corrected chi connectivity index (χ3v) is 2.54. The van der Waals surface area contributed by atoms with Crippen LogP contribution in [0.3, 0.4) is 0 Å². The van der Waals surface area contributed by atoms with Crippen molar-refractivity contribution in [3.63, 3.8) is 0 Å². The standard InChI is InChI=1S/C8H7ClIN3O2/c9-5-1-4(3-12-8(15)13-11)7(14)6(10)2-5/h1-3,14H,11H2,(H,13,15)/b12-3+. The number of hydrazine groups is 1. The van der Waals surface area contributed by atoms with Crippen LogP contribution in [0.1, 0.15) is 5.56 Å². The normalized spacial score (nSPS) is 10.6. The van der Waals surface area contributed by atoms with Crippen molar-refractivity contribution in [2.75, 3.05) is 0 Å². The van der Waals surface area contributed by atoms with E-state index in [2.05, 4.69) is 4.99 Å². The molecule has 0 spiro atoms. The summed E-state index contributed by atoms with van der Waals surface area (Å²) in [7, 11) is 0. The second-order valence-electron chi connectivity index (χ2n) is 2.53. The molecular formula is C8H7ClIN3O2. The summed E-state index contributed by atoms with van der Waals surface area (Å²) < 4.78 is 0.578. The first-order valence-electron chi connectivity index (χ1n) is 3.77. The zero-order chi connectivity index (χ0) is 11.4. The smallest absolute Gasteiger partial charge is 0.355 e. The lowest BCUT2D eigenvalue weighted by Gasteiger charge is -2.02. The number of hydrogen-bond acceptors (Lipinski definition) is 3. The predicted octanol–water partition coefficient (Wildman–Crippen LogP) is 1.65. The Bertz CT molecular complexity index is 423. The van der Waals surface area contributed by atoms with Crippen molar-refractivity contribution in [3.8, 4) is 5.75 Å². The molecule has 0 saturated heterocycles. The number of hydrogen-bond donors (Lipinski definition) is 3. The molecule has 0 radical (unpaired) electrons. The van der Waals surface area contributed by atoms with Crippen LogP contribution in [-0.4, -0.2) is 17.4 Å². The highest BCUT2D eigenvalue weighted by Gasteiger charge is 2.05. The molecule has 0 bridgehead atoms. The van der Waals surface area contributed by atoms with E-state index >= 15 is 0 Å². The van der Waals surface area contributed by atoms with Gasteiger partial charge in [-0.05, 0) is 34.7 Å². The fraction of sp³-hybridized carbons (Fsp3) is 0. The van der Waals surface area contributed by atoms with Crippen molar-refractivity contribution in [2.45, 2.75) is 0 Å². The van der Waals surface area contributed by atoms with Crippen molar-refractivity contribution in [1.82, 2.24) is 5.43 Å². The molecule has 0 atom stereocenters. The van der Waals surface area contributed by atoms with Gasteiger partial charge in [0.1, 0.15) is 5.75 Å². The summed E-state index contributed by atoms with van der Waals surface area (Å²) in [5, 5.41) is 10.0. The van der Waals surface area contributed by atoms with Crippen LogP contribution < -0.4 is 11.3 Å². The maximum atomic E-state index is 10.7. The Labute approximate surface area is 104 Å². The second-order valence-corrected chi connectivity index (χ2v) is 4.13. The van der Waals surface area contributed by atoms with Crippen molar-refractivity contribution in [2.24, 2.45) is 10.8 Å². The zero-order valence-electron chi connectivity index (χ0n) is 7.37. The minimum absolute atomic E-state index is 0.0218. The number of aliphatic imine (C=N–C) groups is 1. The van der Waals surface area contributed by atoms with E-state index in [1.165, 1.54) is 12.3 Å². The van der Waals surface area contributed by atoms with Crippen LogP contribution in [0, 0.1) is 3.57 Å². The largest absolute Gasteiger partial charge is 0.506 e. The van der Waals surface area contributed by atoms with Gasteiger partial charge in [0.15, 0.2) is 0 Å². The maximum absolute atomic E-state index is 10.7. The van der Waals surface area contributed by atoms with Gasteiger partial charge in [-0.2, -0.15) is 0 Å². The number of carbonyl (C=O) groups excluding carboxylic acids is 1. The molecule has 80 valence electrons. The monoisotopic (exact) mass is 339 g/mol. The molecule has 0 aliphatic heterocycles. The summed E-state index contributed by atoms with van der Waals surface area (Å²) in [6.45, 7) is 0. The molecule has 7 heteroatoms. The highest BCUT2D eigenvalue weighted by atomic mass is 127. The van der Waals surface area contributed by atoms with Crippen molar-refractivity contribution in [1.29, 1.82) is 0 Å². The van der Waals surface area contributed by atoms with E-state index in [9.17, 15) is 9.90 Å². The number of urea groups is 1. The van der Waals surface area contributed by atoms with E-state index in [0.29, 0.717) is 14.2 Å². The van der Waals surface area contributed by atoms with Crippen LogP contribution in [0.2, 0.25) is 5.02 Å². The average molecular weight is 340 g/mol. The fourth-order valence-electron chi connectivity index (χ4n) is 0.850. The molecule has 1 rings (SSSR count). The summed E-state index contributed by atoms with van der Waals surface area (Å²) >= 11 is 7.69. The van der Waals surface area contributed by atoms with Crippen molar-refractivity contribution in [3.05, 3.63) is 26.3 Å². The zero-order valence-corrected chi connectivity index (χ0v) is 10.3. The SMILES string of the molecule is NNC(=O)/N=C/c1cc(Cl)cc(I)c1O. The quantitative estimate of drug-likeness (QED) is 0.239. The lowest BCUT2D eigenvalue weighted by Crippen LogP contribution is -2.26. The summed E-state index contributed by atoms with van der Waals surface area (Å²) in [4.78, 5) is 14.1. The van der Waals surface area contributed by atoms with Crippen LogP contribution in [-0.2, 0) is 0 Å². The molecule has 0 fully saturated rings. The molecule has 15 heavy (non-hydrogen) atoms. The highest BCUT2D eigenvalue weighted by Crippen LogP contribution is 2.27. The number of nitrogens with two attached hydrogens (primary N) is 1. The van der Waals surface area contributed by atoms with E-state index in [1.807, 2.05) is 28.0 Å². The molecule has 0 aliphatic rings. The number of benzene rings is 1. The van der Waals surface area contributed by atoms with Crippen LogP contribution in [0.4, 0.5) is 4.79 Å². The van der Waals surface area contributed by atoms with Gasteiger partial charge in [-0.3, -0.25) is 5.43 Å². The van der Waals surface area contributed by atoms with E-state index < -0.39 is 6.03 Å². The van der Waals surface area contributed by atoms with Gasteiger partial charge in [-0.25, -0.2) is 15.6 Å². The van der Waals surface area contributed by atoms with Crippen LogP contribution in [0.25, 0.3) is 0 Å². The third-order valence-electron chi connectivity index (χ3n) is 1.50. The summed E-state index contributed by atoms with van der Waals surface area (Å²) in [5.74, 6) is 4.85. The Morgan fingerprint density at radius 3 is 2.93 bits per heavy atom. The number of nitrogens with zero attached hydrogens (tertiary/aromatic N) is 1. The van der Waals surface area contributed by atoms with Gasteiger partial charge >= 0.3 is 6.03 Å². The Kier molecular flexibility index (Phi) is 4.30. The Hall–Kier alpha value is -0.860. The minimum Gasteiger partial charge on any atom is -0.506 e. The van der Waals surface area contributed by atoms with Crippen LogP contribution in [0.15, 0.2) is 17.1 Å². The number of rotatable bonds is 1. The number of amides is 2. The van der Waals surface area contributed by atoms with Crippen molar-refractivity contribution >= 4 is 46.4 Å². The highest BCUT2D eigenvalue weighted by molar-refractivity contribution is 14.1. The molecule has 1 aromatic rings. The maximum Gasteiger partial charge on any atom is 0.355 e. The number of phenolic OH excluding ortho intramolecular Hbond substituents is 1.